The molecule has 0 saturated carbocycles. The van der Waals surface area contributed by atoms with Gasteiger partial charge in [-0.25, -0.2) is 0 Å². The predicted molar refractivity (Wildman–Crippen MR) is 194 cm³/mol. The van der Waals surface area contributed by atoms with Gasteiger partial charge in [-0.2, -0.15) is 37.3 Å². The van der Waals surface area contributed by atoms with Crippen LogP contribution in [-0.2, 0) is 125 Å². The molecule has 20 nitrogen and oxygen atoms in total. The van der Waals surface area contributed by atoms with Gasteiger partial charge in [0.1, 0.15) is 23.4 Å². The Morgan fingerprint density at radius 2 is 0.948 bits per heavy atom. The molecule has 0 aliphatic heterocycles. The van der Waals surface area contributed by atoms with E-state index in [-0.39, 0.29) is 149 Å². The minimum atomic E-state index is -4.39. The molecule has 0 unspecified atom stereocenters. The van der Waals surface area contributed by atoms with Gasteiger partial charge in [0.05, 0.1) is 58.1 Å². The van der Waals surface area contributed by atoms with Gasteiger partial charge in [-0.3, -0.25) is 9.11 Å². The van der Waals surface area contributed by atoms with Crippen LogP contribution < -0.4 is 20.1 Å². The summed E-state index contributed by atoms with van der Waals surface area (Å²) in [6.07, 6.45) is 5.16. The third-order valence-corrected chi connectivity index (χ3v) is 8.81. The number of aromatic nitrogens is 6. The summed E-state index contributed by atoms with van der Waals surface area (Å²) in [6.45, 7) is 0. The van der Waals surface area contributed by atoms with E-state index in [1.165, 1.54) is 62.8 Å². The third-order valence-electron chi connectivity index (χ3n) is 7.11. The molecule has 0 bridgehead atoms. The van der Waals surface area contributed by atoms with E-state index in [2.05, 4.69) is 73.6 Å². The molecule has 0 aliphatic carbocycles. The molecule has 6 rings (SSSR count). The van der Waals surface area contributed by atoms with Crippen LogP contribution in [0.1, 0.15) is 11.6 Å². The van der Waals surface area contributed by atoms with Crippen LogP contribution in [0.15, 0.2) is 115 Å². The Morgan fingerprint density at radius 1 is 0.569 bits per heavy atom. The second-order valence-corrected chi connectivity index (χ2v) is 13.7. The predicted octanol–water partition coefficient (Wildman–Crippen LogP) is 6.07. The Labute approximate surface area is 407 Å². The first kappa shape index (κ1) is 48.8. The zero-order valence-corrected chi connectivity index (χ0v) is 40.3. The summed E-state index contributed by atoms with van der Waals surface area (Å²) < 4.78 is 75.2. The van der Waals surface area contributed by atoms with Gasteiger partial charge in [-0.15, -0.1) is 0 Å². The van der Waals surface area contributed by atoms with E-state index in [0.29, 0.717) is 34.2 Å². The quantitative estimate of drug-likeness (QED) is 0.0547. The Morgan fingerprint density at radius 3 is 1.31 bits per heavy atom. The molecule has 58 heavy (non-hydrogen) atoms. The van der Waals surface area contributed by atoms with E-state index in [4.69, 9.17) is 9.47 Å². The van der Waals surface area contributed by atoms with Gasteiger partial charge >= 0.3 is 0 Å². The number of methoxy groups -OCH3 is 2. The number of ether oxygens (including phenoxy) is 2. The van der Waals surface area contributed by atoms with Crippen LogP contribution in [0.4, 0.5) is 46.0 Å². The first-order valence-electron chi connectivity index (χ1n) is 15.5. The number of anilines is 4. The maximum Gasteiger partial charge on any atom is 0.294 e. The maximum absolute atomic E-state index is 11.4. The number of nitrogens with zero attached hydrogens (tertiary/aromatic N) is 10. The first-order valence-corrected chi connectivity index (χ1v) is 18.3. The molecule has 0 amide bonds. The Bertz CT molecular complexity index is 2480. The maximum atomic E-state index is 11.4. The van der Waals surface area contributed by atoms with Crippen molar-refractivity contribution < 1.29 is 134 Å². The van der Waals surface area contributed by atoms with Gasteiger partial charge in [-0.05, 0) is 67.1 Å². The van der Waals surface area contributed by atoms with E-state index < -0.39 is 20.2 Å². The number of azo groups is 2. The van der Waals surface area contributed by atoms with Crippen molar-refractivity contribution in [3.63, 3.8) is 0 Å². The fraction of sp³-hybridized carbons (Fsp3) is 0.0909. The molecular formula is C33H26N12O8S2Y3-2. The molecule has 4 N–H and O–H groups in total. The van der Waals surface area contributed by atoms with Gasteiger partial charge in [-0.1, -0.05) is 12.1 Å². The van der Waals surface area contributed by atoms with Crippen LogP contribution >= 0.6 is 0 Å². The summed E-state index contributed by atoms with van der Waals surface area (Å²) in [7, 11) is -5.87. The minimum absolute atomic E-state index is 0. The summed E-state index contributed by atoms with van der Waals surface area (Å²) >= 11 is 0. The van der Waals surface area contributed by atoms with Gasteiger partial charge in [0.2, 0.25) is 0 Å². The van der Waals surface area contributed by atoms with Gasteiger partial charge in [0.15, 0.2) is 0 Å². The Kier molecular flexibility index (Phi) is 18.6. The second-order valence-electron chi connectivity index (χ2n) is 10.9. The van der Waals surface area contributed by atoms with E-state index in [9.17, 15) is 25.9 Å². The fourth-order valence-electron chi connectivity index (χ4n) is 4.59. The van der Waals surface area contributed by atoms with Crippen molar-refractivity contribution in [1.82, 2.24) is 29.9 Å². The topological polar surface area (TPSA) is 278 Å². The van der Waals surface area contributed by atoms with Crippen molar-refractivity contribution >= 4 is 66.3 Å². The molecule has 0 aliphatic rings. The summed E-state index contributed by atoms with van der Waals surface area (Å²) in [6, 6.07) is 20.5. The second kappa shape index (κ2) is 22.2. The van der Waals surface area contributed by atoms with E-state index in [1.54, 1.807) is 36.4 Å². The van der Waals surface area contributed by atoms with Gasteiger partial charge < -0.3 is 50.0 Å². The molecule has 6 aromatic rings. The van der Waals surface area contributed by atoms with Crippen molar-refractivity contribution in [2.45, 2.75) is 16.2 Å². The Balaban J connectivity index is 0.00000300. The average molecular weight is 1050 g/mol. The molecule has 4 aromatic carbocycles. The van der Waals surface area contributed by atoms with Gasteiger partial charge in [0, 0.05) is 135 Å². The molecule has 0 spiro atoms. The van der Waals surface area contributed by atoms with E-state index in [1.807, 2.05) is 0 Å². The molecule has 0 fully saturated rings. The number of rotatable bonds is 14. The monoisotopic (exact) mass is 1050 g/mol. The van der Waals surface area contributed by atoms with E-state index >= 15 is 0 Å². The number of hydrogen-bond acceptors (Lipinski definition) is 18. The molecule has 0 saturated heterocycles. The zero-order chi connectivity index (χ0) is 39.0. The number of benzene rings is 4. The molecule has 25 heteroatoms. The smallest absolute Gasteiger partial charge is 0.294 e. The summed E-state index contributed by atoms with van der Waals surface area (Å²) in [5, 5.41) is 22.4. The molecule has 289 valence electrons. The molecule has 2 aromatic heterocycles. The summed E-state index contributed by atoms with van der Waals surface area (Å²) in [5.41, 5.74) is 2.16. The normalized spacial score (nSPS) is 11.2. The SMILES string of the molecule is COc1cc(N=Nc2cccc(S(=O)(=O)O)c2)ccc1Nc1n[c-]nc(Cc2n[c-]nc(Nc3ccc(N=Nc4cccc(S(=O)(=O)O)c4)cc3OC)n2)n1.[Y].[Y].[Y]. The van der Waals surface area contributed by atoms with Crippen LogP contribution in [-0.4, -0.2) is 70.1 Å². The Hall–Kier alpha value is -3.57. The number of hydrogen-bond donors (Lipinski definition) is 4. The third kappa shape index (κ3) is 13.8. The van der Waals surface area contributed by atoms with Crippen LogP contribution in [0.3, 0.4) is 0 Å². The van der Waals surface area contributed by atoms with Crippen molar-refractivity contribution in [2.75, 3.05) is 24.9 Å². The minimum Gasteiger partial charge on any atom is -0.495 e. The van der Waals surface area contributed by atoms with Crippen LogP contribution in [0.5, 0.6) is 11.5 Å². The average Bonchev–Trinajstić information content (AvgIpc) is 3.17. The summed E-state index contributed by atoms with van der Waals surface area (Å²) in [5.74, 6) is 1.56. The van der Waals surface area contributed by atoms with Crippen LogP contribution in [0, 0.1) is 12.7 Å². The van der Waals surface area contributed by atoms with Crippen LogP contribution in [0.2, 0.25) is 0 Å². The molecule has 2 heterocycles. The van der Waals surface area contributed by atoms with Crippen molar-refractivity contribution in [3.8, 4) is 11.5 Å². The number of nitrogens with one attached hydrogen (secondary N) is 2. The van der Waals surface area contributed by atoms with Crippen LogP contribution in [0.25, 0.3) is 0 Å². The molecule has 0 atom stereocenters. The summed E-state index contributed by atoms with van der Waals surface area (Å²) in [4.78, 5) is 24.6. The van der Waals surface area contributed by atoms with E-state index in [0.717, 1.165) is 0 Å². The van der Waals surface area contributed by atoms with Gasteiger partial charge in [0.25, 0.3) is 20.2 Å². The van der Waals surface area contributed by atoms with Crippen molar-refractivity contribution in [2.24, 2.45) is 20.5 Å². The molecular weight excluding hydrogens is 1020 g/mol. The fourth-order valence-corrected chi connectivity index (χ4v) is 5.63. The zero-order valence-electron chi connectivity index (χ0n) is 30.2. The molecule has 3 radical (unpaired) electrons. The van der Waals surface area contributed by atoms with Crippen molar-refractivity contribution in [1.29, 1.82) is 0 Å². The standard InChI is InChI=1S/C33H26N12O8S2.3Y/c1-52-28-15-22(44-42-20-5-3-7-24(13-20)54(46,47)48)9-11-26(28)38-32-36-18-34-30(40-32)17-31-35-19-37-33(41-31)39-27-12-10-23(16-29(27)53-2)45-43-21-6-4-8-25(14-21)55(49,50)51;;;/h3-16H,17H2,1-2H3,(H,46,47,48)(H,49,50,51)(H,34,36,38,40)(H,35,37,39,41);;;/q-2;;;. The first-order chi connectivity index (χ1) is 26.4. The van der Waals surface area contributed by atoms with Crippen molar-refractivity contribution in [3.05, 3.63) is 109 Å². The largest absolute Gasteiger partial charge is 0.495 e.